The second kappa shape index (κ2) is 4.89. The van der Waals surface area contributed by atoms with Crippen LogP contribution >= 0.6 is 0 Å². The second-order valence-electron chi connectivity index (χ2n) is 2.90. The van der Waals surface area contributed by atoms with E-state index in [1.807, 2.05) is 0 Å². The Morgan fingerprint density at radius 2 is 2.25 bits per heavy atom. The lowest BCUT2D eigenvalue weighted by Gasteiger charge is -2.16. The number of amides is 1. The maximum Gasteiger partial charge on any atom is 0.423 e. The van der Waals surface area contributed by atoms with Crippen LogP contribution in [0.2, 0.25) is 0 Å². The van der Waals surface area contributed by atoms with Gasteiger partial charge >= 0.3 is 16.4 Å². The molecule has 7 nitrogen and oxygen atoms in total. The van der Waals surface area contributed by atoms with Gasteiger partial charge in [0, 0.05) is 0 Å². The minimum Gasteiger partial charge on any atom is -0.464 e. The lowest BCUT2D eigenvalue weighted by atomic mass is 10.3. The molecule has 94 valence electrons. The van der Waals surface area contributed by atoms with Crippen LogP contribution in [-0.2, 0) is 19.2 Å². The molecule has 16 heavy (non-hydrogen) atoms. The average molecular weight is 261 g/mol. The molecule has 0 saturated carbocycles. The summed E-state index contributed by atoms with van der Waals surface area (Å²) >= 11 is 0. The summed E-state index contributed by atoms with van der Waals surface area (Å²) in [6, 6.07) is -1.12. The van der Waals surface area contributed by atoms with Crippen molar-refractivity contribution in [2.24, 2.45) is 0 Å². The van der Waals surface area contributed by atoms with Crippen molar-refractivity contribution in [1.29, 1.82) is 0 Å². The predicted molar refractivity (Wildman–Crippen MR) is 45.3 cm³/mol. The van der Waals surface area contributed by atoms with E-state index in [4.69, 9.17) is 5.11 Å². The van der Waals surface area contributed by atoms with Crippen LogP contribution in [0.25, 0.3) is 0 Å². The SMILES string of the molecule is O=C(O)N1C(COCC(F)F)COS1(=O)=O. The first-order chi connectivity index (χ1) is 7.34. The van der Waals surface area contributed by atoms with Gasteiger partial charge in [0.2, 0.25) is 0 Å². The number of carboxylic acid groups (broad SMARTS) is 1. The number of alkyl halides is 2. The summed E-state index contributed by atoms with van der Waals surface area (Å²) in [7, 11) is -4.32. The molecule has 10 heteroatoms. The van der Waals surface area contributed by atoms with Gasteiger partial charge in [-0.25, -0.2) is 13.6 Å². The highest BCUT2D eigenvalue weighted by atomic mass is 32.2. The standard InChI is InChI=1S/C6H9F2NO6S/c7-5(8)3-14-1-4-2-15-16(12,13)9(4)6(10)11/h4-5H,1-3H2,(H,10,11). The summed E-state index contributed by atoms with van der Waals surface area (Å²) in [5.41, 5.74) is 0. The molecule has 0 spiro atoms. The summed E-state index contributed by atoms with van der Waals surface area (Å²) in [5.74, 6) is 0. The summed E-state index contributed by atoms with van der Waals surface area (Å²) in [5, 5.41) is 8.59. The highest BCUT2D eigenvalue weighted by Crippen LogP contribution is 2.19. The fourth-order valence-electron chi connectivity index (χ4n) is 1.13. The van der Waals surface area contributed by atoms with Crippen LogP contribution in [0, 0.1) is 0 Å². The Labute approximate surface area is 89.8 Å². The van der Waals surface area contributed by atoms with E-state index in [9.17, 15) is 22.0 Å². The van der Waals surface area contributed by atoms with Gasteiger partial charge in [-0.15, -0.1) is 0 Å². The highest BCUT2D eigenvalue weighted by Gasteiger charge is 2.42. The number of nitrogens with zero attached hydrogens (tertiary/aromatic N) is 1. The van der Waals surface area contributed by atoms with Gasteiger partial charge in [-0.2, -0.15) is 12.7 Å². The van der Waals surface area contributed by atoms with Crippen LogP contribution in [0.1, 0.15) is 0 Å². The maximum absolute atomic E-state index is 11.7. The van der Waals surface area contributed by atoms with Crippen molar-refractivity contribution in [2.75, 3.05) is 19.8 Å². The number of halogens is 2. The Balaban J connectivity index is 2.58. The molecular weight excluding hydrogens is 252 g/mol. The molecule has 0 aromatic carbocycles. The zero-order chi connectivity index (χ0) is 12.3. The van der Waals surface area contributed by atoms with Gasteiger partial charge < -0.3 is 9.84 Å². The van der Waals surface area contributed by atoms with Crippen molar-refractivity contribution in [1.82, 2.24) is 4.31 Å². The van der Waals surface area contributed by atoms with Crippen molar-refractivity contribution in [3.63, 3.8) is 0 Å². The Hall–Kier alpha value is -1.00. The third-order valence-corrected chi connectivity index (χ3v) is 3.09. The van der Waals surface area contributed by atoms with Gasteiger partial charge in [-0.05, 0) is 0 Å². The first-order valence-corrected chi connectivity index (χ1v) is 5.48. The van der Waals surface area contributed by atoms with Crippen molar-refractivity contribution in [3.05, 3.63) is 0 Å². The minimum atomic E-state index is -4.32. The number of rotatable bonds is 4. The average Bonchev–Trinajstić information content (AvgIpc) is 2.40. The lowest BCUT2D eigenvalue weighted by Crippen LogP contribution is -2.41. The van der Waals surface area contributed by atoms with Gasteiger partial charge in [-0.1, -0.05) is 0 Å². The number of hydrogen-bond acceptors (Lipinski definition) is 5. The van der Waals surface area contributed by atoms with Crippen molar-refractivity contribution in [2.45, 2.75) is 12.5 Å². The van der Waals surface area contributed by atoms with Crippen molar-refractivity contribution < 1.29 is 36.0 Å². The molecule has 1 fully saturated rings. The minimum absolute atomic E-state index is 0.0540. The van der Waals surface area contributed by atoms with Crippen molar-refractivity contribution >= 4 is 16.4 Å². The van der Waals surface area contributed by atoms with Gasteiger partial charge in [0.1, 0.15) is 12.6 Å². The molecular formula is C6H9F2NO6S. The van der Waals surface area contributed by atoms with E-state index in [0.717, 1.165) is 0 Å². The quantitative estimate of drug-likeness (QED) is 0.759. The lowest BCUT2D eigenvalue weighted by molar-refractivity contribution is 0.00298. The number of hydrogen-bond donors (Lipinski definition) is 1. The molecule has 0 radical (unpaired) electrons. The van der Waals surface area contributed by atoms with Crippen LogP contribution in [0.5, 0.6) is 0 Å². The Bertz CT molecular complexity index is 358. The molecule has 0 aromatic rings. The summed E-state index contributed by atoms with van der Waals surface area (Å²) < 4.78 is 54.2. The molecule has 1 aliphatic heterocycles. The largest absolute Gasteiger partial charge is 0.464 e. The van der Waals surface area contributed by atoms with E-state index in [2.05, 4.69) is 8.92 Å². The Kier molecular flexibility index (Phi) is 3.99. The molecule has 0 aromatic heterocycles. The van der Waals surface area contributed by atoms with Crippen LogP contribution in [-0.4, -0.2) is 56.2 Å². The van der Waals surface area contributed by atoms with Crippen LogP contribution in [0.3, 0.4) is 0 Å². The second-order valence-corrected chi connectivity index (χ2v) is 4.39. The van der Waals surface area contributed by atoms with Crippen molar-refractivity contribution in [3.8, 4) is 0 Å². The van der Waals surface area contributed by atoms with Crippen LogP contribution in [0.4, 0.5) is 13.6 Å². The molecule has 1 rings (SSSR count). The molecule has 0 bridgehead atoms. The Morgan fingerprint density at radius 3 is 2.75 bits per heavy atom. The molecule has 1 saturated heterocycles. The summed E-state index contributed by atoms with van der Waals surface area (Å²) in [6.07, 6.45) is -4.43. The maximum atomic E-state index is 11.7. The molecule has 1 unspecified atom stereocenters. The summed E-state index contributed by atoms with van der Waals surface area (Å²) in [6.45, 7) is -1.78. The first-order valence-electron chi connectivity index (χ1n) is 4.12. The molecule has 0 aliphatic carbocycles. The zero-order valence-electron chi connectivity index (χ0n) is 7.88. The van der Waals surface area contributed by atoms with E-state index >= 15 is 0 Å². The van der Waals surface area contributed by atoms with Gasteiger partial charge in [0.15, 0.2) is 0 Å². The van der Waals surface area contributed by atoms with Gasteiger partial charge in [0.25, 0.3) is 6.43 Å². The predicted octanol–water partition coefficient (Wildman–Crippen LogP) is -0.108. The topological polar surface area (TPSA) is 93.1 Å². The van der Waals surface area contributed by atoms with E-state index in [1.54, 1.807) is 0 Å². The monoisotopic (exact) mass is 261 g/mol. The molecule has 1 amide bonds. The van der Waals surface area contributed by atoms with Crippen LogP contribution in [0.15, 0.2) is 0 Å². The smallest absolute Gasteiger partial charge is 0.423 e. The molecule has 1 heterocycles. The van der Waals surface area contributed by atoms with Gasteiger partial charge in [0.05, 0.1) is 13.2 Å². The third kappa shape index (κ3) is 3.00. The fourth-order valence-corrected chi connectivity index (χ4v) is 2.25. The highest BCUT2D eigenvalue weighted by molar-refractivity contribution is 7.85. The van der Waals surface area contributed by atoms with Crippen LogP contribution < -0.4 is 0 Å². The molecule has 1 atom stereocenters. The molecule has 1 N–H and O–H groups in total. The fraction of sp³-hybridized carbons (Fsp3) is 0.833. The zero-order valence-corrected chi connectivity index (χ0v) is 8.69. The number of carbonyl (C=O) groups is 1. The van der Waals surface area contributed by atoms with E-state index in [-0.39, 0.29) is 4.31 Å². The normalized spacial score (nSPS) is 23.9. The number of ether oxygens (including phenoxy) is 1. The Morgan fingerprint density at radius 1 is 1.62 bits per heavy atom. The summed E-state index contributed by atoms with van der Waals surface area (Å²) in [4.78, 5) is 10.6. The first kappa shape index (κ1) is 13.1. The third-order valence-electron chi connectivity index (χ3n) is 1.72. The molecule has 1 aliphatic rings. The van der Waals surface area contributed by atoms with Gasteiger partial charge in [-0.3, -0.25) is 4.18 Å². The van der Waals surface area contributed by atoms with E-state index in [1.165, 1.54) is 0 Å². The van der Waals surface area contributed by atoms with E-state index in [0.29, 0.717) is 0 Å². The van der Waals surface area contributed by atoms with E-state index < -0.39 is 48.7 Å².